The van der Waals surface area contributed by atoms with Crippen molar-refractivity contribution in [1.82, 2.24) is 4.31 Å². The van der Waals surface area contributed by atoms with Gasteiger partial charge in [0.25, 0.3) is 0 Å². The predicted octanol–water partition coefficient (Wildman–Crippen LogP) is 2.81. The van der Waals surface area contributed by atoms with Crippen LogP contribution in [0.15, 0.2) is 30.3 Å². The Balaban J connectivity index is 2.30. The smallest absolute Gasteiger partial charge is 0.212 e. The molecule has 1 aliphatic heterocycles. The van der Waals surface area contributed by atoms with E-state index in [0.29, 0.717) is 0 Å². The van der Waals surface area contributed by atoms with Gasteiger partial charge in [0.05, 0.1) is 5.75 Å². The highest BCUT2D eigenvalue weighted by molar-refractivity contribution is 7.90. The van der Waals surface area contributed by atoms with Crippen molar-refractivity contribution in [2.75, 3.05) is 5.75 Å². The van der Waals surface area contributed by atoms with Gasteiger partial charge in [-0.1, -0.05) is 51.1 Å². The topological polar surface area (TPSA) is 37.4 Å². The highest BCUT2D eigenvalue weighted by atomic mass is 32.2. The average molecular weight is 267 g/mol. The molecular formula is C14H21NO2S. The molecule has 0 aromatic heterocycles. The van der Waals surface area contributed by atoms with E-state index in [9.17, 15) is 8.42 Å². The molecule has 0 aliphatic carbocycles. The molecule has 1 fully saturated rings. The van der Waals surface area contributed by atoms with Crippen molar-refractivity contribution in [3.8, 4) is 0 Å². The van der Waals surface area contributed by atoms with Crippen molar-refractivity contribution in [2.24, 2.45) is 5.41 Å². The van der Waals surface area contributed by atoms with Gasteiger partial charge in [-0.15, -0.1) is 0 Å². The third-order valence-corrected chi connectivity index (χ3v) is 5.61. The first-order valence-corrected chi connectivity index (χ1v) is 7.90. The van der Waals surface area contributed by atoms with Crippen LogP contribution in [0.5, 0.6) is 0 Å². The lowest BCUT2D eigenvalue weighted by molar-refractivity contribution is 0.130. The van der Waals surface area contributed by atoms with Crippen molar-refractivity contribution in [2.45, 2.75) is 39.8 Å². The van der Waals surface area contributed by atoms with Crippen molar-refractivity contribution in [3.05, 3.63) is 35.9 Å². The summed E-state index contributed by atoms with van der Waals surface area (Å²) >= 11 is 0. The summed E-state index contributed by atoms with van der Waals surface area (Å²) in [5, 5.41) is 0. The average Bonchev–Trinajstić information content (AvgIpc) is 2.26. The van der Waals surface area contributed by atoms with Gasteiger partial charge in [-0.05, 0) is 17.9 Å². The zero-order chi connectivity index (χ0) is 13.6. The van der Waals surface area contributed by atoms with Crippen LogP contribution >= 0.6 is 0 Å². The van der Waals surface area contributed by atoms with Crippen LogP contribution in [0.3, 0.4) is 0 Å². The fourth-order valence-electron chi connectivity index (χ4n) is 2.49. The Morgan fingerprint density at radius 3 is 2.22 bits per heavy atom. The van der Waals surface area contributed by atoms with E-state index in [1.54, 1.807) is 4.31 Å². The van der Waals surface area contributed by atoms with Crippen LogP contribution in [0.1, 0.15) is 39.3 Å². The van der Waals surface area contributed by atoms with Crippen LogP contribution in [-0.4, -0.2) is 24.5 Å². The fraction of sp³-hybridized carbons (Fsp3) is 0.571. The van der Waals surface area contributed by atoms with E-state index in [1.807, 2.05) is 37.3 Å². The Hall–Kier alpha value is -0.870. The van der Waals surface area contributed by atoms with Crippen LogP contribution in [0.4, 0.5) is 0 Å². The molecule has 0 saturated carbocycles. The zero-order valence-electron chi connectivity index (χ0n) is 11.4. The lowest BCUT2D eigenvalue weighted by Gasteiger charge is -2.49. The Morgan fingerprint density at radius 1 is 1.22 bits per heavy atom. The molecular weight excluding hydrogens is 246 g/mol. The Morgan fingerprint density at radius 2 is 1.78 bits per heavy atom. The van der Waals surface area contributed by atoms with Crippen molar-refractivity contribution in [3.63, 3.8) is 0 Å². The summed E-state index contributed by atoms with van der Waals surface area (Å²) in [7, 11) is -3.07. The summed E-state index contributed by atoms with van der Waals surface area (Å²) in [6, 6.07) is 9.82. The van der Waals surface area contributed by atoms with E-state index >= 15 is 0 Å². The molecule has 0 spiro atoms. The van der Waals surface area contributed by atoms with E-state index in [1.165, 1.54) is 0 Å². The number of nitrogens with zero attached hydrogens (tertiary/aromatic N) is 1. The second kappa shape index (κ2) is 4.35. The van der Waals surface area contributed by atoms with Gasteiger partial charge in [0.15, 0.2) is 0 Å². The zero-order valence-corrected chi connectivity index (χ0v) is 12.2. The maximum atomic E-state index is 12.0. The number of rotatable bonds is 2. The standard InChI is InChI=1S/C14H21NO2S/c1-11(12-8-6-5-7-9-12)15-13(14(2,3)4)10-18(15,16)17/h5-9,11,13H,10H2,1-4H3/t11-,13+/m0/s1. The van der Waals surface area contributed by atoms with E-state index < -0.39 is 10.0 Å². The third kappa shape index (κ3) is 2.31. The van der Waals surface area contributed by atoms with Crippen molar-refractivity contribution >= 4 is 10.0 Å². The van der Waals surface area contributed by atoms with Gasteiger partial charge in [-0.2, -0.15) is 4.31 Å². The van der Waals surface area contributed by atoms with Gasteiger partial charge >= 0.3 is 0 Å². The number of sulfonamides is 1. The molecule has 0 radical (unpaired) electrons. The largest absolute Gasteiger partial charge is 0.216 e. The second-order valence-electron chi connectivity index (χ2n) is 6.08. The molecule has 0 amide bonds. The van der Waals surface area contributed by atoms with Gasteiger partial charge in [0.2, 0.25) is 10.0 Å². The molecule has 2 atom stereocenters. The Labute approximate surface area is 110 Å². The quantitative estimate of drug-likeness (QED) is 0.826. The van der Waals surface area contributed by atoms with Gasteiger partial charge in [-0.3, -0.25) is 0 Å². The van der Waals surface area contributed by atoms with Crippen LogP contribution in [-0.2, 0) is 10.0 Å². The van der Waals surface area contributed by atoms with Gasteiger partial charge < -0.3 is 0 Å². The van der Waals surface area contributed by atoms with Gasteiger partial charge in [0.1, 0.15) is 0 Å². The Kier molecular flexibility index (Phi) is 3.28. The second-order valence-corrected chi connectivity index (χ2v) is 8.00. The van der Waals surface area contributed by atoms with E-state index in [0.717, 1.165) is 5.56 Å². The molecule has 18 heavy (non-hydrogen) atoms. The molecule has 1 aliphatic rings. The van der Waals surface area contributed by atoms with Crippen LogP contribution in [0.25, 0.3) is 0 Å². The van der Waals surface area contributed by atoms with E-state index in [4.69, 9.17) is 0 Å². The molecule has 1 heterocycles. The summed E-state index contributed by atoms with van der Waals surface area (Å²) in [4.78, 5) is 0. The summed E-state index contributed by atoms with van der Waals surface area (Å²) in [5.74, 6) is 0.272. The van der Waals surface area contributed by atoms with Crippen LogP contribution in [0, 0.1) is 5.41 Å². The summed E-state index contributed by atoms with van der Waals surface area (Å²) < 4.78 is 25.7. The lowest BCUT2D eigenvalue weighted by Crippen LogP contribution is -2.62. The maximum absolute atomic E-state index is 12.0. The predicted molar refractivity (Wildman–Crippen MR) is 73.7 cm³/mol. The highest BCUT2D eigenvalue weighted by Crippen LogP contribution is 2.41. The molecule has 2 rings (SSSR count). The fourth-order valence-corrected chi connectivity index (χ4v) is 4.84. The summed E-state index contributed by atoms with van der Waals surface area (Å²) in [6.45, 7) is 8.25. The number of benzene rings is 1. The summed E-state index contributed by atoms with van der Waals surface area (Å²) in [6.07, 6.45) is 0. The minimum Gasteiger partial charge on any atom is -0.212 e. The first-order chi connectivity index (χ1) is 8.23. The van der Waals surface area contributed by atoms with Gasteiger partial charge in [-0.25, -0.2) is 8.42 Å². The molecule has 4 heteroatoms. The number of hydrogen-bond acceptors (Lipinski definition) is 2. The molecule has 3 nitrogen and oxygen atoms in total. The van der Waals surface area contributed by atoms with Gasteiger partial charge in [0, 0.05) is 12.1 Å². The minimum absolute atomic E-state index is 0.0195. The molecule has 1 saturated heterocycles. The third-order valence-electron chi connectivity index (χ3n) is 3.66. The highest BCUT2D eigenvalue weighted by Gasteiger charge is 2.51. The van der Waals surface area contributed by atoms with Crippen molar-refractivity contribution < 1.29 is 8.42 Å². The monoisotopic (exact) mass is 267 g/mol. The van der Waals surface area contributed by atoms with E-state index in [-0.39, 0.29) is 23.3 Å². The SMILES string of the molecule is C[C@@H](c1ccccc1)N1[C@@H](C(C)(C)C)CS1(=O)=O. The summed E-state index contributed by atoms with van der Waals surface area (Å²) in [5.41, 5.74) is 1.03. The normalized spacial score (nSPS) is 25.4. The molecule has 0 unspecified atom stereocenters. The molecule has 1 aromatic rings. The maximum Gasteiger partial charge on any atom is 0.216 e. The first-order valence-electron chi connectivity index (χ1n) is 6.29. The Bertz CT molecular complexity index is 516. The first kappa shape index (κ1) is 13.6. The minimum atomic E-state index is -3.07. The van der Waals surface area contributed by atoms with E-state index in [2.05, 4.69) is 20.8 Å². The molecule has 100 valence electrons. The van der Waals surface area contributed by atoms with Crippen LogP contribution < -0.4 is 0 Å². The van der Waals surface area contributed by atoms with Crippen LogP contribution in [0.2, 0.25) is 0 Å². The molecule has 1 aromatic carbocycles. The van der Waals surface area contributed by atoms with Crippen molar-refractivity contribution in [1.29, 1.82) is 0 Å². The number of hydrogen-bond donors (Lipinski definition) is 0. The molecule has 0 bridgehead atoms. The molecule has 0 N–H and O–H groups in total. The lowest BCUT2D eigenvalue weighted by atomic mass is 9.86.